The Kier molecular flexibility index (Phi) is 7.93. The van der Waals surface area contributed by atoms with Gasteiger partial charge in [0.25, 0.3) is 5.89 Å². The molecule has 1 aromatic heterocycles. The molecule has 2 aliphatic rings. The van der Waals surface area contributed by atoms with E-state index >= 15 is 0 Å². The van der Waals surface area contributed by atoms with Crippen molar-refractivity contribution in [3.05, 3.63) is 84.2 Å². The predicted octanol–water partition coefficient (Wildman–Crippen LogP) is 4.39. The van der Waals surface area contributed by atoms with E-state index in [1.807, 2.05) is 60.2 Å². The van der Waals surface area contributed by atoms with Crippen molar-refractivity contribution in [2.75, 3.05) is 26.2 Å². The van der Waals surface area contributed by atoms with E-state index in [-0.39, 0.29) is 37.1 Å². The lowest BCUT2D eigenvalue weighted by molar-refractivity contribution is -0.946. The molecule has 3 aromatic carbocycles. The standard InChI is InChI=1S/C32H30FN4O7/c1-21(38)41-18-17-37(15-13-32(14-16-37)30(39)43-36-44-31(32)40)20-22-7-9-24(10-8-22)28-34-29(42-35-28)25-11-12-26(27(33)19-25)23-5-3-2-4-6-23/h2-12,19,36H,13-18,20H2,1H3/q+1. The van der Waals surface area contributed by atoms with Gasteiger partial charge in [0, 0.05) is 47.7 Å². The van der Waals surface area contributed by atoms with Crippen LogP contribution in [-0.4, -0.2) is 58.8 Å². The summed E-state index contributed by atoms with van der Waals surface area (Å²) in [5, 5.41) is 4.10. The number of esters is 1. The van der Waals surface area contributed by atoms with Crippen molar-refractivity contribution in [3.8, 4) is 34.0 Å². The van der Waals surface area contributed by atoms with Crippen LogP contribution in [0.4, 0.5) is 4.39 Å². The van der Waals surface area contributed by atoms with Gasteiger partial charge >= 0.3 is 17.9 Å². The molecular weight excluding hydrogens is 571 g/mol. The fourth-order valence-electron chi connectivity index (χ4n) is 5.82. The number of hydrogen-bond donors (Lipinski definition) is 1. The van der Waals surface area contributed by atoms with Gasteiger partial charge in [-0.05, 0) is 17.7 Å². The quantitative estimate of drug-likeness (QED) is 0.176. The highest BCUT2D eigenvalue weighted by Crippen LogP contribution is 2.39. The Morgan fingerprint density at radius 1 is 0.955 bits per heavy atom. The minimum atomic E-state index is -1.35. The molecule has 0 atom stereocenters. The van der Waals surface area contributed by atoms with Crippen LogP contribution in [0.15, 0.2) is 77.3 Å². The van der Waals surface area contributed by atoms with Gasteiger partial charge in [-0.15, -0.1) is 0 Å². The maximum atomic E-state index is 14.9. The Labute approximate surface area is 252 Å². The molecule has 44 heavy (non-hydrogen) atoms. The number of benzene rings is 3. The summed E-state index contributed by atoms with van der Waals surface area (Å²) in [5.74, 6) is -1.49. The minimum Gasteiger partial charge on any atom is -0.460 e. The fourth-order valence-corrected chi connectivity index (χ4v) is 5.82. The Morgan fingerprint density at radius 3 is 2.30 bits per heavy atom. The summed E-state index contributed by atoms with van der Waals surface area (Å²) < 4.78 is 26.1. The molecule has 11 nitrogen and oxygen atoms in total. The molecule has 0 amide bonds. The number of aromatic nitrogens is 2. The molecule has 2 aliphatic heterocycles. The summed E-state index contributed by atoms with van der Waals surface area (Å²) >= 11 is 0. The van der Waals surface area contributed by atoms with Gasteiger partial charge in [-0.25, -0.2) is 14.0 Å². The van der Waals surface area contributed by atoms with Crippen LogP contribution in [0.2, 0.25) is 0 Å². The van der Waals surface area contributed by atoms with Crippen LogP contribution in [0.3, 0.4) is 0 Å². The molecular formula is C32H30FN4O7+. The summed E-state index contributed by atoms with van der Waals surface area (Å²) in [7, 11) is 0. The second-order valence-electron chi connectivity index (χ2n) is 11.1. The second-order valence-corrected chi connectivity index (χ2v) is 11.1. The van der Waals surface area contributed by atoms with Gasteiger partial charge in [-0.2, -0.15) is 4.98 Å². The van der Waals surface area contributed by atoms with Gasteiger partial charge in [0.05, 0.1) is 13.1 Å². The van der Waals surface area contributed by atoms with Crippen molar-refractivity contribution in [1.82, 2.24) is 15.8 Å². The third-order valence-corrected chi connectivity index (χ3v) is 8.40. The number of carbonyl (C=O) groups excluding carboxylic acids is 3. The summed E-state index contributed by atoms with van der Waals surface area (Å²) in [5.41, 5.74) is 4.00. The Hall–Kier alpha value is -4.94. The molecule has 0 radical (unpaired) electrons. The van der Waals surface area contributed by atoms with Crippen molar-refractivity contribution in [1.29, 1.82) is 0 Å². The van der Waals surface area contributed by atoms with Crippen LogP contribution in [0.25, 0.3) is 34.0 Å². The Bertz CT molecular complexity index is 1660. The van der Waals surface area contributed by atoms with E-state index in [2.05, 4.69) is 10.1 Å². The van der Waals surface area contributed by atoms with Crippen molar-refractivity contribution in [2.24, 2.45) is 5.41 Å². The number of likely N-dealkylation sites (tertiary alicyclic amines) is 1. The predicted molar refractivity (Wildman–Crippen MR) is 153 cm³/mol. The minimum absolute atomic E-state index is 0.204. The van der Waals surface area contributed by atoms with Crippen LogP contribution in [0.5, 0.6) is 0 Å². The number of nitrogens with one attached hydrogen (secondary N) is 1. The Morgan fingerprint density at radius 2 is 1.64 bits per heavy atom. The van der Waals surface area contributed by atoms with Crippen LogP contribution in [-0.2, 0) is 35.3 Å². The monoisotopic (exact) mass is 601 g/mol. The van der Waals surface area contributed by atoms with E-state index in [0.29, 0.717) is 47.6 Å². The first kappa shape index (κ1) is 29.1. The van der Waals surface area contributed by atoms with E-state index < -0.39 is 17.4 Å². The SMILES string of the molecule is CC(=O)OCC[N+]1(Cc2ccc(-c3noc(-c4ccc(-c5ccccc5)c(F)c4)n3)cc2)CCC2(CC1)C(=O)ONOC2=O. The maximum absolute atomic E-state index is 14.9. The molecule has 12 heteroatoms. The number of halogens is 1. The van der Waals surface area contributed by atoms with Crippen LogP contribution < -0.4 is 5.64 Å². The largest absolute Gasteiger partial charge is 0.460 e. The van der Waals surface area contributed by atoms with E-state index in [0.717, 1.165) is 16.7 Å². The van der Waals surface area contributed by atoms with E-state index in [1.54, 1.807) is 12.1 Å². The molecule has 1 N–H and O–H groups in total. The molecule has 0 aliphatic carbocycles. The first-order valence-corrected chi connectivity index (χ1v) is 14.2. The topological polar surface area (TPSA) is 130 Å². The lowest BCUT2D eigenvalue weighted by Gasteiger charge is -2.46. The highest BCUT2D eigenvalue weighted by molar-refractivity contribution is 6.00. The third-order valence-electron chi connectivity index (χ3n) is 8.40. The number of quaternary nitrogens is 1. The zero-order valence-corrected chi connectivity index (χ0v) is 24.0. The number of piperidine rings is 1. The average Bonchev–Trinajstić information content (AvgIpc) is 3.52. The van der Waals surface area contributed by atoms with Crippen LogP contribution >= 0.6 is 0 Å². The molecule has 2 fully saturated rings. The molecule has 0 saturated carbocycles. The summed E-state index contributed by atoms with van der Waals surface area (Å²) in [6.45, 7) is 3.59. The van der Waals surface area contributed by atoms with Gasteiger partial charge in [0.15, 0.2) is 5.41 Å². The molecule has 2 saturated heterocycles. The number of nitrogens with zero attached hydrogens (tertiary/aromatic N) is 3. The third kappa shape index (κ3) is 5.81. The summed E-state index contributed by atoms with van der Waals surface area (Å²) in [4.78, 5) is 50.6. The number of rotatable bonds is 8. The van der Waals surface area contributed by atoms with Crippen molar-refractivity contribution in [2.45, 2.75) is 26.3 Å². The van der Waals surface area contributed by atoms with Gasteiger partial charge < -0.3 is 23.4 Å². The first-order valence-electron chi connectivity index (χ1n) is 14.2. The lowest BCUT2D eigenvalue weighted by atomic mass is 9.77. The van der Waals surface area contributed by atoms with E-state index in [1.165, 1.54) is 13.0 Å². The smallest absolute Gasteiger partial charge is 0.346 e. The zero-order valence-electron chi connectivity index (χ0n) is 24.0. The van der Waals surface area contributed by atoms with Gasteiger partial charge in [0.1, 0.15) is 25.5 Å². The fraction of sp³-hybridized carbons (Fsp3) is 0.281. The molecule has 0 unspecified atom stereocenters. The normalized spacial score (nSPS) is 17.1. The maximum Gasteiger partial charge on any atom is 0.346 e. The van der Waals surface area contributed by atoms with Crippen LogP contribution in [0.1, 0.15) is 25.3 Å². The second kappa shape index (κ2) is 12.0. The Balaban J connectivity index is 1.17. The van der Waals surface area contributed by atoms with Crippen molar-refractivity contribution >= 4 is 17.9 Å². The lowest BCUT2D eigenvalue weighted by Crippen LogP contribution is -2.62. The number of hydrogen-bond acceptors (Lipinski definition) is 10. The van der Waals surface area contributed by atoms with Gasteiger partial charge in [-0.1, -0.05) is 65.8 Å². The number of ether oxygens (including phenoxy) is 1. The average molecular weight is 602 g/mol. The van der Waals surface area contributed by atoms with Crippen molar-refractivity contribution < 1.29 is 42.2 Å². The van der Waals surface area contributed by atoms with Gasteiger partial charge in [0.2, 0.25) is 5.82 Å². The molecule has 1 spiro atoms. The molecule has 0 bridgehead atoms. The zero-order chi connectivity index (χ0) is 30.7. The molecule has 226 valence electrons. The molecule has 6 rings (SSSR count). The summed E-state index contributed by atoms with van der Waals surface area (Å²) in [6.07, 6.45) is 0.478. The molecule has 3 heterocycles. The van der Waals surface area contributed by atoms with E-state index in [4.69, 9.17) is 18.9 Å². The molecule has 4 aromatic rings. The van der Waals surface area contributed by atoms with Crippen LogP contribution in [0, 0.1) is 11.2 Å². The number of carbonyl (C=O) groups is 3. The van der Waals surface area contributed by atoms with E-state index in [9.17, 15) is 18.8 Å². The summed E-state index contributed by atoms with van der Waals surface area (Å²) in [6, 6.07) is 21.7. The van der Waals surface area contributed by atoms with Gasteiger partial charge in [-0.3, -0.25) is 4.79 Å². The highest BCUT2D eigenvalue weighted by Gasteiger charge is 2.57. The highest BCUT2D eigenvalue weighted by atomic mass is 19.1. The first-order chi connectivity index (χ1) is 21.3. The van der Waals surface area contributed by atoms with Crippen molar-refractivity contribution in [3.63, 3.8) is 0 Å².